The molecule has 1 aliphatic heterocycles. The topological polar surface area (TPSA) is 71.5 Å². The summed E-state index contributed by atoms with van der Waals surface area (Å²) in [4.78, 5) is 15.0. The Morgan fingerprint density at radius 1 is 1.57 bits per heavy atom. The highest BCUT2D eigenvalue weighted by molar-refractivity contribution is 6.33. The molecule has 2 N–H and O–H groups in total. The number of ether oxygens (including phenoxy) is 1. The Bertz CT molecular complexity index is 518. The predicted molar refractivity (Wildman–Crippen MR) is 82.1 cm³/mol. The number of carboxylic acid groups (broad SMARTS) is 1. The van der Waals surface area contributed by atoms with E-state index in [2.05, 4.69) is 24.1 Å². The predicted octanol–water partition coefficient (Wildman–Crippen LogP) is 3.58. The van der Waals surface area contributed by atoms with Crippen LogP contribution in [0.25, 0.3) is 0 Å². The van der Waals surface area contributed by atoms with E-state index in [0.717, 1.165) is 25.7 Å². The third-order valence-corrected chi connectivity index (χ3v) is 4.50. The smallest absolute Gasteiger partial charge is 0.337 e. The SMILES string of the molecule is CCC1(CC)CC(Nc2ncc(C(=O)O)cc2Cl)CCO1. The van der Waals surface area contributed by atoms with Gasteiger partial charge >= 0.3 is 5.97 Å². The van der Waals surface area contributed by atoms with Crippen molar-refractivity contribution >= 4 is 23.4 Å². The van der Waals surface area contributed by atoms with Crippen LogP contribution in [-0.2, 0) is 4.74 Å². The van der Waals surface area contributed by atoms with Gasteiger partial charge in [-0.25, -0.2) is 9.78 Å². The number of carboxylic acids is 1. The minimum absolute atomic E-state index is 0.0800. The monoisotopic (exact) mass is 312 g/mol. The Morgan fingerprint density at radius 3 is 2.86 bits per heavy atom. The van der Waals surface area contributed by atoms with Gasteiger partial charge in [0.15, 0.2) is 0 Å². The van der Waals surface area contributed by atoms with E-state index >= 15 is 0 Å². The van der Waals surface area contributed by atoms with E-state index < -0.39 is 5.97 Å². The number of carbonyl (C=O) groups is 1. The molecular formula is C15H21ClN2O3. The van der Waals surface area contributed by atoms with E-state index in [4.69, 9.17) is 21.4 Å². The second-order valence-corrected chi connectivity index (χ2v) is 5.84. The summed E-state index contributed by atoms with van der Waals surface area (Å²) in [5.74, 6) is -0.493. The van der Waals surface area contributed by atoms with Gasteiger partial charge in [-0.05, 0) is 31.7 Å². The van der Waals surface area contributed by atoms with Gasteiger partial charge in [0.25, 0.3) is 0 Å². The van der Waals surface area contributed by atoms with Crippen LogP contribution >= 0.6 is 11.6 Å². The van der Waals surface area contributed by atoms with Crippen LogP contribution in [0.1, 0.15) is 49.9 Å². The maximum Gasteiger partial charge on any atom is 0.337 e. The summed E-state index contributed by atoms with van der Waals surface area (Å²) < 4.78 is 5.94. The minimum Gasteiger partial charge on any atom is -0.478 e. The van der Waals surface area contributed by atoms with E-state index in [9.17, 15) is 4.79 Å². The first-order valence-electron chi connectivity index (χ1n) is 7.29. The Kier molecular flexibility index (Phi) is 5.06. The number of rotatable bonds is 5. The number of aromatic nitrogens is 1. The highest BCUT2D eigenvalue weighted by Crippen LogP contribution is 2.33. The van der Waals surface area contributed by atoms with Gasteiger partial charge in [-0.2, -0.15) is 0 Å². The molecule has 0 bridgehead atoms. The molecular weight excluding hydrogens is 292 g/mol. The quantitative estimate of drug-likeness (QED) is 0.869. The van der Waals surface area contributed by atoms with Crippen LogP contribution in [-0.4, -0.2) is 34.3 Å². The maximum atomic E-state index is 10.9. The summed E-state index contributed by atoms with van der Waals surface area (Å²) >= 11 is 6.11. The fourth-order valence-electron chi connectivity index (χ4n) is 2.75. The van der Waals surface area contributed by atoms with Crippen LogP contribution in [0.15, 0.2) is 12.3 Å². The zero-order valence-corrected chi connectivity index (χ0v) is 13.1. The van der Waals surface area contributed by atoms with Crippen LogP contribution in [0, 0.1) is 0 Å². The molecule has 2 rings (SSSR count). The summed E-state index contributed by atoms with van der Waals surface area (Å²) in [6.45, 7) is 4.99. The fraction of sp³-hybridized carbons (Fsp3) is 0.600. The second-order valence-electron chi connectivity index (χ2n) is 5.43. The molecule has 1 atom stereocenters. The summed E-state index contributed by atoms with van der Waals surface area (Å²) in [5, 5.41) is 12.6. The van der Waals surface area contributed by atoms with E-state index in [1.54, 1.807) is 0 Å². The van der Waals surface area contributed by atoms with Crippen LogP contribution in [0.3, 0.4) is 0 Å². The van der Waals surface area contributed by atoms with E-state index in [1.165, 1.54) is 12.3 Å². The second kappa shape index (κ2) is 6.62. The van der Waals surface area contributed by atoms with Gasteiger partial charge in [-0.3, -0.25) is 0 Å². The van der Waals surface area contributed by atoms with Gasteiger partial charge in [0, 0.05) is 18.8 Å². The first kappa shape index (κ1) is 16.0. The summed E-state index contributed by atoms with van der Waals surface area (Å²) in [6, 6.07) is 1.66. The van der Waals surface area contributed by atoms with Crippen LogP contribution < -0.4 is 5.32 Å². The van der Waals surface area contributed by atoms with Gasteiger partial charge < -0.3 is 15.2 Å². The molecule has 1 unspecified atom stereocenters. The third-order valence-electron chi connectivity index (χ3n) is 4.21. The fourth-order valence-corrected chi connectivity index (χ4v) is 2.97. The summed E-state index contributed by atoms with van der Waals surface area (Å²) in [6.07, 6.45) is 5.06. The number of hydrogen-bond acceptors (Lipinski definition) is 4. The minimum atomic E-state index is -1.03. The van der Waals surface area contributed by atoms with Gasteiger partial charge in [-0.15, -0.1) is 0 Å². The normalized spacial score (nSPS) is 21.0. The van der Waals surface area contributed by atoms with Crippen LogP contribution in [0.2, 0.25) is 5.02 Å². The van der Waals surface area contributed by atoms with Crippen LogP contribution in [0.4, 0.5) is 5.82 Å². The van der Waals surface area contributed by atoms with Crippen molar-refractivity contribution in [3.05, 3.63) is 22.8 Å². The van der Waals surface area contributed by atoms with Crippen molar-refractivity contribution in [1.29, 1.82) is 0 Å². The molecule has 0 aromatic carbocycles. The molecule has 1 saturated heterocycles. The van der Waals surface area contributed by atoms with Crippen LogP contribution in [0.5, 0.6) is 0 Å². The molecule has 0 spiro atoms. The average Bonchev–Trinajstić information content (AvgIpc) is 2.49. The molecule has 0 radical (unpaired) electrons. The number of anilines is 1. The molecule has 1 aromatic heterocycles. The largest absolute Gasteiger partial charge is 0.478 e. The Morgan fingerprint density at radius 2 is 2.29 bits per heavy atom. The lowest BCUT2D eigenvalue weighted by Gasteiger charge is -2.40. The molecule has 21 heavy (non-hydrogen) atoms. The van der Waals surface area contributed by atoms with Crippen molar-refractivity contribution < 1.29 is 14.6 Å². The highest BCUT2D eigenvalue weighted by Gasteiger charge is 2.34. The average molecular weight is 313 g/mol. The molecule has 6 heteroatoms. The molecule has 1 aromatic rings. The molecule has 0 saturated carbocycles. The van der Waals surface area contributed by atoms with Crippen molar-refractivity contribution in [2.45, 2.75) is 51.2 Å². The van der Waals surface area contributed by atoms with Crippen molar-refractivity contribution in [1.82, 2.24) is 4.98 Å². The molecule has 0 aliphatic carbocycles. The first-order chi connectivity index (χ1) is 9.99. The first-order valence-corrected chi connectivity index (χ1v) is 7.67. The van der Waals surface area contributed by atoms with Crippen molar-refractivity contribution in [2.24, 2.45) is 0 Å². The molecule has 5 nitrogen and oxygen atoms in total. The third kappa shape index (κ3) is 3.66. The van der Waals surface area contributed by atoms with E-state index in [0.29, 0.717) is 17.4 Å². The Balaban J connectivity index is 2.09. The summed E-state index contributed by atoms with van der Waals surface area (Å²) in [5.41, 5.74) is 0.0117. The standard InChI is InChI=1S/C15H21ClN2O3/c1-3-15(4-2)8-11(5-6-21-15)18-13-12(16)7-10(9-17-13)14(19)20/h7,9,11H,3-6,8H2,1-2H3,(H,17,18)(H,19,20). The zero-order valence-electron chi connectivity index (χ0n) is 12.4. The molecule has 2 heterocycles. The molecule has 116 valence electrons. The van der Waals surface area contributed by atoms with Gasteiger partial charge in [0.2, 0.25) is 0 Å². The van der Waals surface area contributed by atoms with E-state index in [-0.39, 0.29) is 17.2 Å². The van der Waals surface area contributed by atoms with Crippen molar-refractivity contribution in [3.8, 4) is 0 Å². The van der Waals surface area contributed by atoms with Gasteiger partial charge in [-0.1, -0.05) is 25.4 Å². The number of nitrogens with zero attached hydrogens (tertiary/aromatic N) is 1. The zero-order chi connectivity index (χ0) is 15.5. The molecule has 1 aliphatic rings. The lowest BCUT2D eigenvalue weighted by molar-refractivity contribution is -0.0864. The number of hydrogen-bond donors (Lipinski definition) is 2. The lowest BCUT2D eigenvalue weighted by Crippen LogP contribution is -2.43. The van der Waals surface area contributed by atoms with Gasteiger partial charge in [0.05, 0.1) is 16.2 Å². The van der Waals surface area contributed by atoms with Crippen molar-refractivity contribution in [2.75, 3.05) is 11.9 Å². The molecule has 0 amide bonds. The number of pyridine rings is 1. The summed E-state index contributed by atoms with van der Waals surface area (Å²) in [7, 11) is 0. The van der Waals surface area contributed by atoms with Crippen molar-refractivity contribution in [3.63, 3.8) is 0 Å². The van der Waals surface area contributed by atoms with Gasteiger partial charge in [0.1, 0.15) is 5.82 Å². The Hall–Kier alpha value is -1.33. The maximum absolute atomic E-state index is 10.9. The highest BCUT2D eigenvalue weighted by atomic mass is 35.5. The number of aromatic carboxylic acids is 1. The van der Waals surface area contributed by atoms with E-state index in [1.807, 2.05) is 0 Å². The molecule has 1 fully saturated rings. The number of halogens is 1. The lowest BCUT2D eigenvalue weighted by atomic mass is 9.86. The Labute approximate surface area is 129 Å². The number of nitrogens with one attached hydrogen (secondary N) is 1.